The number of amides is 2. The largest absolute Gasteiger partial charge is 0.342 e. The summed E-state index contributed by atoms with van der Waals surface area (Å²) in [5.74, 6) is 1.11. The van der Waals surface area contributed by atoms with Gasteiger partial charge in [-0.1, -0.05) is 65.3 Å². The molecule has 0 saturated carbocycles. The molecule has 1 aromatic rings. The van der Waals surface area contributed by atoms with Gasteiger partial charge in [-0.05, 0) is 48.6 Å². The summed E-state index contributed by atoms with van der Waals surface area (Å²) in [7, 11) is 0. The highest BCUT2D eigenvalue weighted by Crippen LogP contribution is 2.34. The highest BCUT2D eigenvalue weighted by atomic mass is 16.2. The third-order valence-electron chi connectivity index (χ3n) is 6.99. The molecule has 1 aromatic carbocycles. The summed E-state index contributed by atoms with van der Waals surface area (Å²) in [6.07, 6.45) is 4.11. The van der Waals surface area contributed by atoms with Crippen LogP contribution >= 0.6 is 0 Å². The third-order valence-corrected chi connectivity index (χ3v) is 6.99. The first-order valence-electron chi connectivity index (χ1n) is 12.2. The van der Waals surface area contributed by atoms with Crippen LogP contribution in [0.5, 0.6) is 0 Å². The van der Waals surface area contributed by atoms with E-state index in [1.54, 1.807) is 0 Å². The van der Waals surface area contributed by atoms with E-state index in [1.165, 1.54) is 11.1 Å². The van der Waals surface area contributed by atoms with Crippen LogP contribution in [0.3, 0.4) is 0 Å². The summed E-state index contributed by atoms with van der Waals surface area (Å²) in [6.45, 7) is 14.0. The summed E-state index contributed by atoms with van der Waals surface area (Å²) < 4.78 is 0. The van der Waals surface area contributed by atoms with Crippen molar-refractivity contribution in [2.75, 3.05) is 19.6 Å². The number of nitrogens with one attached hydrogen (secondary N) is 1. The molecule has 2 aliphatic heterocycles. The first-order valence-corrected chi connectivity index (χ1v) is 12.2. The molecule has 1 spiro atoms. The van der Waals surface area contributed by atoms with Crippen molar-refractivity contribution in [3.63, 3.8) is 0 Å². The number of unbranched alkanes of at least 4 members (excludes halogenated alkanes) is 1. The molecule has 2 amide bonds. The number of nitrogens with zero attached hydrogens (tertiary/aromatic N) is 2. The average molecular weight is 428 g/mol. The van der Waals surface area contributed by atoms with E-state index in [-0.39, 0.29) is 17.9 Å². The van der Waals surface area contributed by atoms with E-state index in [0.717, 1.165) is 32.5 Å². The molecule has 2 saturated heterocycles. The predicted octanol–water partition coefficient (Wildman–Crippen LogP) is 4.32. The van der Waals surface area contributed by atoms with E-state index in [9.17, 15) is 9.59 Å². The summed E-state index contributed by atoms with van der Waals surface area (Å²) in [4.78, 5) is 31.0. The van der Waals surface area contributed by atoms with Crippen LogP contribution in [0.15, 0.2) is 24.3 Å². The second-order valence-corrected chi connectivity index (χ2v) is 10.2. The van der Waals surface area contributed by atoms with Gasteiger partial charge in [0.1, 0.15) is 11.6 Å². The van der Waals surface area contributed by atoms with Crippen molar-refractivity contribution in [2.45, 2.75) is 90.8 Å². The summed E-state index contributed by atoms with van der Waals surface area (Å²) in [6, 6.07) is 8.52. The van der Waals surface area contributed by atoms with Crippen LogP contribution in [0.25, 0.3) is 0 Å². The number of piperidine rings is 1. The first kappa shape index (κ1) is 23.8. The quantitative estimate of drug-likeness (QED) is 0.672. The van der Waals surface area contributed by atoms with Crippen molar-refractivity contribution >= 4 is 11.8 Å². The monoisotopic (exact) mass is 427 g/mol. The first-order chi connectivity index (χ1) is 14.8. The van der Waals surface area contributed by atoms with Gasteiger partial charge in [-0.3, -0.25) is 14.5 Å². The molecule has 2 fully saturated rings. The van der Waals surface area contributed by atoms with Crippen molar-refractivity contribution in [3.05, 3.63) is 35.4 Å². The third kappa shape index (κ3) is 5.31. The van der Waals surface area contributed by atoms with Crippen LogP contribution in [0.1, 0.15) is 83.8 Å². The second-order valence-electron chi connectivity index (χ2n) is 10.2. The lowest BCUT2D eigenvalue weighted by atomic mass is 9.80. The summed E-state index contributed by atoms with van der Waals surface area (Å²) in [5, 5.41) is 3.10. The standard InChI is InChI=1S/C26H41N3O2/c1-6-7-14-29-24(30)23(17-19(2)3)27-25(31)26(29)12-15-28(16-13-26)18-21-8-10-22(11-9-21)20(4)5/h8-11,19-20,23H,6-7,12-18H2,1-5H3,(H,27,31)/t23-/m0/s1. The van der Waals surface area contributed by atoms with Gasteiger partial charge in [0.25, 0.3) is 0 Å². The smallest absolute Gasteiger partial charge is 0.246 e. The van der Waals surface area contributed by atoms with Crippen LogP contribution in [-0.2, 0) is 16.1 Å². The molecular weight excluding hydrogens is 386 g/mol. The van der Waals surface area contributed by atoms with Gasteiger partial charge < -0.3 is 10.2 Å². The van der Waals surface area contributed by atoms with E-state index >= 15 is 0 Å². The lowest BCUT2D eigenvalue weighted by Crippen LogP contribution is -2.73. The molecule has 31 heavy (non-hydrogen) atoms. The fourth-order valence-corrected chi connectivity index (χ4v) is 4.99. The molecule has 3 rings (SSSR count). The number of carbonyl (C=O) groups excluding carboxylic acids is 2. The SMILES string of the molecule is CCCCN1C(=O)[C@H](CC(C)C)NC(=O)C12CCN(Cc1ccc(C(C)C)cc1)CC2. The fourth-order valence-electron chi connectivity index (χ4n) is 4.99. The molecule has 5 heteroatoms. The molecule has 0 aliphatic carbocycles. The Morgan fingerprint density at radius 1 is 1.06 bits per heavy atom. The second kappa shape index (κ2) is 10.2. The molecule has 0 aromatic heterocycles. The number of rotatable bonds is 8. The van der Waals surface area contributed by atoms with Crippen molar-refractivity contribution in [1.29, 1.82) is 0 Å². The van der Waals surface area contributed by atoms with Crippen LogP contribution in [0.2, 0.25) is 0 Å². The Balaban J connectivity index is 1.69. The maximum atomic E-state index is 13.3. The summed E-state index contributed by atoms with van der Waals surface area (Å²) >= 11 is 0. The molecule has 0 radical (unpaired) electrons. The molecule has 0 unspecified atom stereocenters. The minimum Gasteiger partial charge on any atom is -0.342 e. The van der Waals surface area contributed by atoms with E-state index < -0.39 is 5.54 Å². The molecule has 172 valence electrons. The van der Waals surface area contributed by atoms with Gasteiger partial charge in [-0.2, -0.15) is 0 Å². The Hall–Kier alpha value is -1.88. The topological polar surface area (TPSA) is 52.7 Å². The van der Waals surface area contributed by atoms with Gasteiger partial charge in [0.2, 0.25) is 11.8 Å². The van der Waals surface area contributed by atoms with Crippen molar-refractivity contribution < 1.29 is 9.59 Å². The van der Waals surface area contributed by atoms with Crippen LogP contribution in [0.4, 0.5) is 0 Å². The maximum Gasteiger partial charge on any atom is 0.246 e. The van der Waals surface area contributed by atoms with Crippen LogP contribution in [-0.4, -0.2) is 52.8 Å². The number of benzene rings is 1. The highest BCUT2D eigenvalue weighted by molar-refractivity contribution is 6.00. The molecule has 2 heterocycles. The molecule has 2 aliphatic rings. The van der Waals surface area contributed by atoms with Crippen LogP contribution < -0.4 is 5.32 Å². The van der Waals surface area contributed by atoms with Gasteiger partial charge in [-0.25, -0.2) is 0 Å². The van der Waals surface area contributed by atoms with Gasteiger partial charge in [0.05, 0.1) is 0 Å². The lowest BCUT2D eigenvalue weighted by molar-refractivity contribution is -0.161. The number of hydrogen-bond donors (Lipinski definition) is 1. The predicted molar refractivity (Wildman–Crippen MR) is 126 cm³/mol. The number of likely N-dealkylation sites (tertiary alicyclic amines) is 1. The molecule has 0 bridgehead atoms. The fraction of sp³-hybridized carbons (Fsp3) is 0.692. The Morgan fingerprint density at radius 2 is 1.71 bits per heavy atom. The number of piperazine rings is 1. The van der Waals surface area contributed by atoms with Crippen LogP contribution in [0, 0.1) is 5.92 Å². The molecule has 1 N–H and O–H groups in total. The van der Waals surface area contributed by atoms with Gasteiger partial charge >= 0.3 is 0 Å². The zero-order valence-electron chi connectivity index (χ0n) is 20.1. The maximum absolute atomic E-state index is 13.3. The summed E-state index contributed by atoms with van der Waals surface area (Å²) in [5.41, 5.74) is 2.00. The highest BCUT2D eigenvalue weighted by Gasteiger charge is 2.53. The Labute approximate surface area is 188 Å². The molecule has 1 atom stereocenters. The van der Waals surface area contributed by atoms with Gasteiger partial charge in [-0.15, -0.1) is 0 Å². The van der Waals surface area contributed by atoms with Crippen molar-refractivity contribution in [1.82, 2.24) is 15.1 Å². The zero-order chi connectivity index (χ0) is 22.6. The number of carbonyl (C=O) groups is 2. The average Bonchev–Trinajstić information content (AvgIpc) is 2.73. The Bertz CT molecular complexity index is 748. The normalized spacial score (nSPS) is 21.9. The zero-order valence-corrected chi connectivity index (χ0v) is 20.1. The Kier molecular flexibility index (Phi) is 7.79. The Morgan fingerprint density at radius 3 is 2.26 bits per heavy atom. The van der Waals surface area contributed by atoms with E-state index in [0.29, 0.717) is 37.6 Å². The molecule has 5 nitrogen and oxygen atoms in total. The minimum atomic E-state index is -0.669. The van der Waals surface area contributed by atoms with Gasteiger partial charge in [0, 0.05) is 26.2 Å². The van der Waals surface area contributed by atoms with Crippen molar-refractivity contribution in [3.8, 4) is 0 Å². The lowest BCUT2D eigenvalue weighted by Gasteiger charge is -2.52. The van der Waals surface area contributed by atoms with E-state index in [2.05, 4.69) is 69.1 Å². The van der Waals surface area contributed by atoms with E-state index in [1.807, 2.05) is 4.90 Å². The minimum absolute atomic E-state index is 0.0646. The van der Waals surface area contributed by atoms with E-state index in [4.69, 9.17) is 0 Å². The number of hydrogen-bond acceptors (Lipinski definition) is 3. The molecular formula is C26H41N3O2. The van der Waals surface area contributed by atoms with Gasteiger partial charge in [0.15, 0.2) is 0 Å². The van der Waals surface area contributed by atoms with Crippen molar-refractivity contribution in [2.24, 2.45) is 5.92 Å².